The van der Waals surface area contributed by atoms with Gasteiger partial charge in [0.1, 0.15) is 5.82 Å². The van der Waals surface area contributed by atoms with Gasteiger partial charge < -0.3 is 9.47 Å². The maximum absolute atomic E-state index is 13.2. The minimum atomic E-state index is -0.885. The van der Waals surface area contributed by atoms with E-state index in [1.54, 1.807) is 24.3 Å². The minimum absolute atomic E-state index is 0.00524. The molecule has 7 nitrogen and oxygen atoms in total. The Labute approximate surface area is 209 Å². The van der Waals surface area contributed by atoms with Crippen molar-refractivity contribution in [3.63, 3.8) is 0 Å². The predicted octanol–water partition coefficient (Wildman–Crippen LogP) is 5.80. The summed E-state index contributed by atoms with van der Waals surface area (Å²) in [5.41, 5.74) is 0.869. The number of nitrogens with zero attached hydrogens (tertiary/aromatic N) is 3. The fraction of sp³-hybridized carbons (Fsp3) is 0.304. The van der Waals surface area contributed by atoms with Crippen LogP contribution in [0.3, 0.4) is 0 Å². The standard InChI is InChI=1S/C23H22BrCl2N3O4/c1-5-12(2)21-28-19-7-6-15(24)10-16(19)22(30)29(21)27-11-14-8-17(25)20(18(26)9-14)33-13(3)23(31)32-4/h6-13H,5H2,1-4H3/t12-,13-/m1/s1. The molecule has 2 atom stereocenters. The van der Waals surface area contributed by atoms with Crippen LogP contribution in [0.5, 0.6) is 5.75 Å². The Morgan fingerprint density at radius 1 is 1.24 bits per heavy atom. The molecule has 33 heavy (non-hydrogen) atoms. The highest BCUT2D eigenvalue weighted by atomic mass is 79.9. The van der Waals surface area contributed by atoms with E-state index in [0.29, 0.717) is 22.3 Å². The molecule has 0 N–H and O–H groups in total. The Hall–Kier alpha value is -2.42. The molecule has 0 aliphatic carbocycles. The number of esters is 1. The summed E-state index contributed by atoms with van der Waals surface area (Å²) in [6, 6.07) is 8.52. The lowest BCUT2D eigenvalue weighted by molar-refractivity contribution is -0.147. The Bertz CT molecular complexity index is 1270. The lowest BCUT2D eigenvalue weighted by atomic mass is 10.1. The number of methoxy groups -OCH3 is 1. The zero-order chi connectivity index (χ0) is 24.3. The fourth-order valence-electron chi connectivity index (χ4n) is 3.06. The Kier molecular flexibility index (Phi) is 8.15. The quantitative estimate of drug-likeness (QED) is 0.272. The third kappa shape index (κ3) is 5.57. The monoisotopic (exact) mass is 553 g/mol. The lowest BCUT2D eigenvalue weighted by Gasteiger charge is -2.15. The van der Waals surface area contributed by atoms with Gasteiger partial charge in [0, 0.05) is 10.4 Å². The minimum Gasteiger partial charge on any atom is -0.476 e. The van der Waals surface area contributed by atoms with E-state index in [-0.39, 0.29) is 27.3 Å². The number of carbonyl (C=O) groups is 1. The number of fused-ring (bicyclic) bond motifs is 1. The first-order chi connectivity index (χ1) is 15.7. The predicted molar refractivity (Wildman–Crippen MR) is 134 cm³/mol. The maximum Gasteiger partial charge on any atom is 0.346 e. The van der Waals surface area contributed by atoms with E-state index in [9.17, 15) is 9.59 Å². The van der Waals surface area contributed by atoms with Gasteiger partial charge in [-0.2, -0.15) is 9.78 Å². The molecule has 0 radical (unpaired) electrons. The van der Waals surface area contributed by atoms with E-state index in [1.807, 2.05) is 19.9 Å². The highest BCUT2D eigenvalue weighted by molar-refractivity contribution is 9.10. The van der Waals surface area contributed by atoms with Crippen LogP contribution in [-0.2, 0) is 9.53 Å². The van der Waals surface area contributed by atoms with Crippen molar-refractivity contribution in [1.82, 2.24) is 9.66 Å². The molecule has 0 aliphatic heterocycles. The lowest BCUT2D eigenvalue weighted by Crippen LogP contribution is -2.25. The van der Waals surface area contributed by atoms with Crippen LogP contribution in [0.2, 0.25) is 10.0 Å². The second-order valence-corrected chi connectivity index (χ2v) is 9.13. The summed E-state index contributed by atoms with van der Waals surface area (Å²) in [5.74, 6) is 0.159. The van der Waals surface area contributed by atoms with Crippen molar-refractivity contribution in [2.45, 2.75) is 39.2 Å². The number of aromatic nitrogens is 2. The van der Waals surface area contributed by atoms with Crippen molar-refractivity contribution in [2.75, 3.05) is 7.11 Å². The number of halogens is 3. The highest BCUT2D eigenvalue weighted by Gasteiger charge is 2.19. The summed E-state index contributed by atoms with van der Waals surface area (Å²) in [5, 5.41) is 5.24. The van der Waals surface area contributed by atoms with Crippen LogP contribution in [0.4, 0.5) is 0 Å². The number of ether oxygens (including phenoxy) is 2. The van der Waals surface area contributed by atoms with Gasteiger partial charge >= 0.3 is 5.97 Å². The van der Waals surface area contributed by atoms with Crippen molar-refractivity contribution in [1.29, 1.82) is 0 Å². The summed E-state index contributed by atoms with van der Waals surface area (Å²) >= 11 is 16.1. The van der Waals surface area contributed by atoms with Crippen LogP contribution in [0.15, 0.2) is 44.7 Å². The molecule has 0 saturated heterocycles. The number of hydrogen-bond acceptors (Lipinski definition) is 6. The molecule has 1 aromatic heterocycles. The van der Waals surface area contributed by atoms with Gasteiger partial charge in [0.05, 0.1) is 34.3 Å². The molecule has 0 unspecified atom stereocenters. The molecule has 0 fully saturated rings. The highest BCUT2D eigenvalue weighted by Crippen LogP contribution is 2.34. The molecular formula is C23H22BrCl2N3O4. The molecule has 0 aliphatic rings. The van der Waals surface area contributed by atoms with Gasteiger partial charge in [-0.3, -0.25) is 4.79 Å². The molecule has 174 valence electrons. The molecule has 0 spiro atoms. The second-order valence-electron chi connectivity index (χ2n) is 7.40. The normalized spacial score (nSPS) is 13.3. The first-order valence-electron chi connectivity index (χ1n) is 10.2. The number of benzene rings is 2. The van der Waals surface area contributed by atoms with E-state index < -0.39 is 12.1 Å². The maximum atomic E-state index is 13.2. The number of hydrogen-bond donors (Lipinski definition) is 0. The van der Waals surface area contributed by atoms with Gasteiger partial charge in [0.2, 0.25) is 0 Å². The molecule has 1 heterocycles. The molecule has 0 saturated carbocycles. The van der Waals surface area contributed by atoms with Crippen molar-refractivity contribution in [3.8, 4) is 5.75 Å². The molecule has 3 rings (SSSR count). The van der Waals surface area contributed by atoms with Crippen LogP contribution >= 0.6 is 39.1 Å². The third-order valence-electron chi connectivity index (χ3n) is 5.06. The zero-order valence-corrected chi connectivity index (χ0v) is 21.5. The Morgan fingerprint density at radius 2 is 1.91 bits per heavy atom. The molecule has 2 aromatic carbocycles. The SMILES string of the molecule is CC[C@@H](C)c1nc2ccc(Br)cc2c(=O)n1N=Cc1cc(Cl)c(O[C@H](C)C(=O)OC)c(Cl)c1. The topological polar surface area (TPSA) is 82.8 Å². The molecule has 0 amide bonds. The summed E-state index contributed by atoms with van der Waals surface area (Å²) in [6.07, 6.45) is 1.38. The van der Waals surface area contributed by atoms with E-state index in [0.717, 1.165) is 10.9 Å². The molecular weight excluding hydrogens is 533 g/mol. The summed E-state index contributed by atoms with van der Waals surface area (Å²) < 4.78 is 12.3. The van der Waals surface area contributed by atoms with Crippen molar-refractivity contribution < 1.29 is 14.3 Å². The van der Waals surface area contributed by atoms with Crippen LogP contribution in [-0.4, -0.2) is 35.1 Å². The average molecular weight is 555 g/mol. The van der Waals surface area contributed by atoms with E-state index in [2.05, 4.69) is 30.8 Å². The van der Waals surface area contributed by atoms with Crippen LogP contribution in [0.25, 0.3) is 10.9 Å². The van der Waals surface area contributed by atoms with Gasteiger partial charge in [-0.05, 0) is 49.2 Å². The molecule has 0 bridgehead atoms. The van der Waals surface area contributed by atoms with E-state index in [4.69, 9.17) is 27.9 Å². The van der Waals surface area contributed by atoms with Gasteiger partial charge in [0.25, 0.3) is 5.56 Å². The van der Waals surface area contributed by atoms with Crippen molar-refractivity contribution in [2.24, 2.45) is 5.10 Å². The Balaban J connectivity index is 2.04. The average Bonchev–Trinajstić information content (AvgIpc) is 2.79. The van der Waals surface area contributed by atoms with Crippen molar-refractivity contribution >= 4 is 62.2 Å². The third-order valence-corrected chi connectivity index (χ3v) is 6.11. The second kappa shape index (κ2) is 10.7. The zero-order valence-electron chi connectivity index (χ0n) is 18.4. The van der Waals surface area contributed by atoms with Crippen LogP contribution < -0.4 is 10.3 Å². The smallest absolute Gasteiger partial charge is 0.346 e. The molecule has 3 aromatic rings. The van der Waals surface area contributed by atoms with Gasteiger partial charge in [-0.15, -0.1) is 0 Å². The van der Waals surface area contributed by atoms with Gasteiger partial charge in [-0.1, -0.05) is 53.0 Å². The summed E-state index contributed by atoms with van der Waals surface area (Å²) in [6.45, 7) is 5.53. The summed E-state index contributed by atoms with van der Waals surface area (Å²) in [7, 11) is 1.26. The van der Waals surface area contributed by atoms with Gasteiger partial charge in [-0.25, -0.2) is 9.78 Å². The molecule has 10 heteroatoms. The number of carbonyl (C=O) groups excluding carboxylic acids is 1. The Morgan fingerprint density at radius 3 is 2.52 bits per heavy atom. The van der Waals surface area contributed by atoms with E-state index in [1.165, 1.54) is 24.9 Å². The van der Waals surface area contributed by atoms with E-state index >= 15 is 0 Å². The summed E-state index contributed by atoms with van der Waals surface area (Å²) in [4.78, 5) is 29.5. The fourth-order valence-corrected chi connectivity index (χ4v) is 4.02. The van der Waals surface area contributed by atoms with Crippen LogP contribution in [0.1, 0.15) is 44.5 Å². The largest absolute Gasteiger partial charge is 0.476 e. The van der Waals surface area contributed by atoms with Gasteiger partial charge in [0.15, 0.2) is 11.9 Å². The van der Waals surface area contributed by atoms with Crippen LogP contribution in [0, 0.1) is 0 Å². The number of rotatable bonds is 7. The first kappa shape index (κ1) is 25.2. The first-order valence-corrected chi connectivity index (χ1v) is 11.7. The van der Waals surface area contributed by atoms with Crippen molar-refractivity contribution in [3.05, 3.63) is 66.6 Å².